The molecule has 0 bridgehead atoms. The van der Waals surface area contributed by atoms with E-state index in [1.807, 2.05) is 0 Å². The van der Waals surface area contributed by atoms with Crippen molar-refractivity contribution < 1.29 is 13.2 Å². The zero-order chi connectivity index (χ0) is 17.3. The van der Waals surface area contributed by atoms with Crippen LogP contribution in [0.5, 0.6) is 0 Å². The fourth-order valence-corrected chi connectivity index (χ4v) is 4.11. The molecule has 1 fully saturated rings. The second kappa shape index (κ2) is 9.64. The molecular weight excluding hydrogens is 326 g/mol. The van der Waals surface area contributed by atoms with E-state index >= 15 is 0 Å². The fourth-order valence-electron chi connectivity index (χ4n) is 2.78. The Morgan fingerprint density at radius 2 is 1.67 bits per heavy atom. The highest BCUT2D eigenvalue weighted by Gasteiger charge is 2.13. The Kier molecular flexibility index (Phi) is 7.52. The molecule has 0 aliphatic carbocycles. The molecule has 0 spiro atoms. The Bertz CT molecular complexity index is 599. The number of benzene rings is 1. The molecule has 1 aromatic rings. The van der Waals surface area contributed by atoms with Gasteiger partial charge in [0.25, 0.3) is 0 Å². The van der Waals surface area contributed by atoms with E-state index < -0.39 is 9.84 Å². The Balaban J connectivity index is 1.57. The van der Waals surface area contributed by atoms with Gasteiger partial charge in [-0.2, -0.15) is 0 Å². The molecule has 7 heteroatoms. The number of hydrogen-bond donors (Lipinski definition) is 2. The molecule has 6 nitrogen and oxygen atoms in total. The molecule has 2 N–H and O–H groups in total. The number of likely N-dealkylation sites (tertiary alicyclic amines) is 1. The van der Waals surface area contributed by atoms with Crippen LogP contribution in [0.25, 0.3) is 0 Å². The van der Waals surface area contributed by atoms with E-state index in [-0.39, 0.29) is 11.8 Å². The van der Waals surface area contributed by atoms with Crippen LogP contribution in [0.4, 0.5) is 4.79 Å². The van der Waals surface area contributed by atoms with Gasteiger partial charge in [0.1, 0.15) is 0 Å². The molecule has 2 rings (SSSR count). The number of urea groups is 1. The summed E-state index contributed by atoms with van der Waals surface area (Å²) in [6, 6.07) is 8.16. The summed E-state index contributed by atoms with van der Waals surface area (Å²) >= 11 is 0. The van der Waals surface area contributed by atoms with Crippen molar-refractivity contribution in [3.8, 4) is 0 Å². The van der Waals surface area contributed by atoms with Crippen molar-refractivity contribution >= 4 is 15.9 Å². The molecule has 1 saturated heterocycles. The van der Waals surface area contributed by atoms with Crippen molar-refractivity contribution in [2.45, 2.75) is 30.6 Å². The summed E-state index contributed by atoms with van der Waals surface area (Å²) < 4.78 is 24.2. The van der Waals surface area contributed by atoms with Crippen LogP contribution >= 0.6 is 0 Å². The normalized spacial score (nSPS) is 15.8. The lowest BCUT2D eigenvalue weighted by molar-refractivity contribution is 0.220. The maximum atomic E-state index is 12.1. The van der Waals surface area contributed by atoms with Gasteiger partial charge in [0, 0.05) is 19.6 Å². The SMILES string of the molecule is O=C(NCCCS(=O)(=O)c1ccccc1)NCCN1CCCCC1. The monoisotopic (exact) mass is 353 g/mol. The highest BCUT2D eigenvalue weighted by Crippen LogP contribution is 2.10. The minimum absolute atomic E-state index is 0.0328. The van der Waals surface area contributed by atoms with Gasteiger partial charge in [-0.1, -0.05) is 24.6 Å². The third-order valence-electron chi connectivity index (χ3n) is 4.14. The fraction of sp³-hybridized carbons (Fsp3) is 0.588. The molecule has 0 unspecified atom stereocenters. The van der Waals surface area contributed by atoms with Crippen LogP contribution < -0.4 is 10.6 Å². The maximum Gasteiger partial charge on any atom is 0.314 e. The first kappa shape index (κ1) is 18.7. The zero-order valence-electron chi connectivity index (χ0n) is 14.0. The lowest BCUT2D eigenvalue weighted by atomic mass is 10.1. The zero-order valence-corrected chi connectivity index (χ0v) is 14.9. The Labute approximate surface area is 144 Å². The van der Waals surface area contributed by atoms with Gasteiger partial charge < -0.3 is 15.5 Å². The molecule has 0 saturated carbocycles. The summed E-state index contributed by atoms with van der Waals surface area (Å²) in [5.41, 5.74) is 0. The number of piperidine rings is 1. The summed E-state index contributed by atoms with van der Waals surface area (Å²) in [6.45, 7) is 4.06. The Morgan fingerprint density at radius 1 is 1.00 bits per heavy atom. The van der Waals surface area contributed by atoms with E-state index in [1.54, 1.807) is 30.3 Å². The molecule has 1 heterocycles. The third-order valence-corrected chi connectivity index (χ3v) is 5.96. The first-order valence-electron chi connectivity index (χ1n) is 8.60. The molecule has 0 atom stereocenters. The summed E-state index contributed by atoms with van der Waals surface area (Å²) in [7, 11) is -3.27. The third kappa shape index (κ3) is 6.49. The molecule has 1 aliphatic heterocycles. The van der Waals surface area contributed by atoms with Crippen LogP contribution in [0.2, 0.25) is 0 Å². The lowest BCUT2D eigenvalue weighted by Crippen LogP contribution is -2.42. The highest BCUT2D eigenvalue weighted by atomic mass is 32.2. The molecule has 2 amide bonds. The number of nitrogens with one attached hydrogen (secondary N) is 2. The van der Waals surface area contributed by atoms with Crippen LogP contribution in [0.1, 0.15) is 25.7 Å². The van der Waals surface area contributed by atoms with Crippen LogP contribution in [0, 0.1) is 0 Å². The molecule has 1 aliphatic rings. The van der Waals surface area contributed by atoms with E-state index in [4.69, 9.17) is 0 Å². The van der Waals surface area contributed by atoms with E-state index in [2.05, 4.69) is 15.5 Å². The summed E-state index contributed by atoms with van der Waals surface area (Å²) in [5.74, 6) is 0.0328. The molecule has 134 valence electrons. The van der Waals surface area contributed by atoms with Crippen molar-refractivity contribution in [3.63, 3.8) is 0 Å². The predicted octanol–water partition coefficient (Wildman–Crippen LogP) is 1.64. The number of amides is 2. The first-order valence-corrected chi connectivity index (χ1v) is 10.2. The van der Waals surface area contributed by atoms with Gasteiger partial charge in [0.15, 0.2) is 9.84 Å². The van der Waals surface area contributed by atoms with Crippen molar-refractivity contribution in [3.05, 3.63) is 30.3 Å². The van der Waals surface area contributed by atoms with Gasteiger partial charge in [-0.25, -0.2) is 13.2 Å². The average Bonchev–Trinajstić information content (AvgIpc) is 2.60. The summed E-state index contributed by atoms with van der Waals surface area (Å²) in [5, 5.41) is 5.53. The largest absolute Gasteiger partial charge is 0.338 e. The predicted molar refractivity (Wildman–Crippen MR) is 94.8 cm³/mol. The van der Waals surface area contributed by atoms with Crippen molar-refractivity contribution in [1.82, 2.24) is 15.5 Å². The molecule has 0 radical (unpaired) electrons. The summed E-state index contributed by atoms with van der Waals surface area (Å²) in [6.07, 6.45) is 4.18. The molecular formula is C17H27N3O3S. The Morgan fingerprint density at radius 3 is 2.38 bits per heavy atom. The molecule has 0 aromatic heterocycles. The lowest BCUT2D eigenvalue weighted by Gasteiger charge is -2.26. The number of carbonyl (C=O) groups is 1. The minimum Gasteiger partial charge on any atom is -0.338 e. The Hall–Kier alpha value is -1.60. The van der Waals surface area contributed by atoms with Gasteiger partial charge in [0.2, 0.25) is 0 Å². The topological polar surface area (TPSA) is 78.5 Å². The van der Waals surface area contributed by atoms with Gasteiger partial charge >= 0.3 is 6.03 Å². The van der Waals surface area contributed by atoms with E-state index in [0.29, 0.717) is 24.4 Å². The van der Waals surface area contributed by atoms with Crippen molar-refractivity contribution in [2.75, 3.05) is 38.5 Å². The van der Waals surface area contributed by atoms with Crippen LogP contribution in [0.15, 0.2) is 35.2 Å². The van der Waals surface area contributed by atoms with Crippen LogP contribution in [0.3, 0.4) is 0 Å². The second-order valence-corrected chi connectivity index (χ2v) is 8.18. The number of hydrogen-bond acceptors (Lipinski definition) is 4. The highest BCUT2D eigenvalue weighted by molar-refractivity contribution is 7.91. The summed E-state index contributed by atoms with van der Waals surface area (Å²) in [4.78, 5) is 14.4. The van der Waals surface area contributed by atoms with E-state index in [9.17, 15) is 13.2 Å². The second-order valence-electron chi connectivity index (χ2n) is 6.07. The van der Waals surface area contributed by atoms with Gasteiger partial charge in [-0.05, 0) is 44.5 Å². The van der Waals surface area contributed by atoms with E-state index in [1.165, 1.54) is 19.3 Å². The first-order chi connectivity index (χ1) is 11.6. The molecule has 1 aromatic carbocycles. The minimum atomic E-state index is -3.27. The van der Waals surface area contributed by atoms with Crippen LogP contribution in [-0.4, -0.2) is 57.8 Å². The van der Waals surface area contributed by atoms with Crippen molar-refractivity contribution in [1.29, 1.82) is 0 Å². The van der Waals surface area contributed by atoms with Gasteiger partial charge in [-0.15, -0.1) is 0 Å². The molecule has 24 heavy (non-hydrogen) atoms. The number of carbonyl (C=O) groups excluding carboxylic acids is 1. The smallest absolute Gasteiger partial charge is 0.314 e. The number of nitrogens with zero attached hydrogens (tertiary/aromatic N) is 1. The van der Waals surface area contributed by atoms with E-state index in [0.717, 1.165) is 19.6 Å². The standard InChI is InChI=1S/C17H27N3O3S/c21-17(19-11-14-20-12-5-2-6-13-20)18-10-7-15-24(22,23)16-8-3-1-4-9-16/h1,3-4,8-9H,2,5-7,10-15H2,(H2,18,19,21). The van der Waals surface area contributed by atoms with Crippen molar-refractivity contribution in [2.24, 2.45) is 0 Å². The number of rotatable bonds is 8. The quantitative estimate of drug-likeness (QED) is 0.697. The van der Waals surface area contributed by atoms with Crippen LogP contribution in [-0.2, 0) is 9.84 Å². The van der Waals surface area contributed by atoms with Gasteiger partial charge in [0.05, 0.1) is 10.6 Å². The van der Waals surface area contributed by atoms with Gasteiger partial charge in [-0.3, -0.25) is 0 Å². The number of sulfone groups is 1. The maximum absolute atomic E-state index is 12.1. The average molecular weight is 353 g/mol.